The molecule has 2 aliphatic carbocycles. The van der Waals surface area contributed by atoms with Crippen LogP contribution < -0.4 is 0 Å². The van der Waals surface area contributed by atoms with Crippen molar-refractivity contribution in [3.05, 3.63) is 0 Å². The van der Waals surface area contributed by atoms with Crippen LogP contribution in [0, 0.1) is 29.1 Å². The highest BCUT2D eigenvalue weighted by atomic mass is 14.6. The van der Waals surface area contributed by atoms with Gasteiger partial charge < -0.3 is 0 Å². The SMILES string of the molecule is CC1[C@H]2CC(C(C)(C)C)C[C@@H]12. The van der Waals surface area contributed by atoms with Crippen molar-refractivity contribution in [3.8, 4) is 0 Å². The van der Waals surface area contributed by atoms with Crippen molar-refractivity contribution in [2.75, 3.05) is 0 Å². The number of rotatable bonds is 0. The van der Waals surface area contributed by atoms with Crippen LogP contribution in [0.3, 0.4) is 0 Å². The predicted octanol–water partition coefficient (Wildman–Crippen LogP) is 3.32. The van der Waals surface area contributed by atoms with Crippen LogP contribution in [0.15, 0.2) is 0 Å². The fraction of sp³-hybridized carbons (Fsp3) is 1.00. The van der Waals surface area contributed by atoms with Gasteiger partial charge in [0.2, 0.25) is 0 Å². The first kappa shape index (κ1) is 7.64. The molecule has 0 aliphatic heterocycles. The molecule has 0 nitrogen and oxygen atoms in total. The van der Waals surface area contributed by atoms with Crippen LogP contribution in [0.5, 0.6) is 0 Å². The molecule has 0 aromatic heterocycles. The lowest BCUT2D eigenvalue weighted by Crippen LogP contribution is -2.19. The molecular weight excluding hydrogens is 132 g/mol. The lowest BCUT2D eigenvalue weighted by atomic mass is 9.77. The molecule has 64 valence electrons. The van der Waals surface area contributed by atoms with Gasteiger partial charge >= 0.3 is 0 Å². The van der Waals surface area contributed by atoms with Gasteiger partial charge in [0, 0.05) is 0 Å². The normalized spacial score (nSPS) is 49.1. The molecule has 2 aliphatic rings. The summed E-state index contributed by atoms with van der Waals surface area (Å²) in [4.78, 5) is 0. The van der Waals surface area contributed by atoms with Crippen LogP contribution in [-0.4, -0.2) is 0 Å². The number of hydrogen-bond acceptors (Lipinski definition) is 0. The summed E-state index contributed by atoms with van der Waals surface area (Å²) in [7, 11) is 0. The van der Waals surface area contributed by atoms with Gasteiger partial charge in [0.1, 0.15) is 0 Å². The molecule has 0 saturated heterocycles. The van der Waals surface area contributed by atoms with Crippen LogP contribution in [-0.2, 0) is 0 Å². The van der Waals surface area contributed by atoms with Gasteiger partial charge in [0.05, 0.1) is 0 Å². The van der Waals surface area contributed by atoms with Crippen molar-refractivity contribution >= 4 is 0 Å². The highest BCUT2D eigenvalue weighted by molar-refractivity contribution is 5.03. The van der Waals surface area contributed by atoms with E-state index in [2.05, 4.69) is 27.7 Å². The van der Waals surface area contributed by atoms with Crippen molar-refractivity contribution in [3.63, 3.8) is 0 Å². The van der Waals surface area contributed by atoms with E-state index in [4.69, 9.17) is 0 Å². The molecule has 0 aromatic rings. The van der Waals surface area contributed by atoms with Crippen LogP contribution >= 0.6 is 0 Å². The van der Waals surface area contributed by atoms with Gasteiger partial charge in [-0.3, -0.25) is 0 Å². The van der Waals surface area contributed by atoms with E-state index in [0.717, 1.165) is 23.7 Å². The van der Waals surface area contributed by atoms with Crippen molar-refractivity contribution in [1.82, 2.24) is 0 Å². The van der Waals surface area contributed by atoms with E-state index in [1.54, 1.807) is 0 Å². The van der Waals surface area contributed by atoms with Gasteiger partial charge in [0.25, 0.3) is 0 Å². The smallest absolute Gasteiger partial charge is 0.0352 e. The topological polar surface area (TPSA) is 0 Å². The average molecular weight is 152 g/mol. The van der Waals surface area contributed by atoms with Crippen LogP contribution in [0.25, 0.3) is 0 Å². The van der Waals surface area contributed by atoms with E-state index < -0.39 is 0 Å². The van der Waals surface area contributed by atoms with Crippen molar-refractivity contribution < 1.29 is 0 Å². The van der Waals surface area contributed by atoms with Crippen molar-refractivity contribution in [2.24, 2.45) is 29.1 Å². The van der Waals surface area contributed by atoms with E-state index >= 15 is 0 Å². The molecule has 0 aromatic carbocycles. The Hall–Kier alpha value is 0. The third-order valence-electron chi connectivity index (χ3n) is 4.10. The Labute approximate surface area is 70.4 Å². The number of hydrogen-bond donors (Lipinski definition) is 0. The fourth-order valence-electron chi connectivity index (χ4n) is 2.88. The molecule has 2 fully saturated rings. The summed E-state index contributed by atoms with van der Waals surface area (Å²) >= 11 is 0. The molecule has 0 spiro atoms. The lowest BCUT2D eigenvalue weighted by Gasteiger charge is -2.28. The summed E-state index contributed by atoms with van der Waals surface area (Å²) in [5, 5.41) is 0. The summed E-state index contributed by atoms with van der Waals surface area (Å²) in [6, 6.07) is 0. The van der Waals surface area contributed by atoms with Crippen LogP contribution in [0.2, 0.25) is 0 Å². The lowest BCUT2D eigenvalue weighted by molar-refractivity contribution is 0.219. The van der Waals surface area contributed by atoms with Gasteiger partial charge in [-0.15, -0.1) is 0 Å². The van der Waals surface area contributed by atoms with Crippen molar-refractivity contribution in [2.45, 2.75) is 40.5 Å². The van der Waals surface area contributed by atoms with E-state index in [1.807, 2.05) is 0 Å². The summed E-state index contributed by atoms with van der Waals surface area (Å²) in [6.07, 6.45) is 3.05. The quantitative estimate of drug-likeness (QED) is 0.499. The molecule has 0 radical (unpaired) electrons. The summed E-state index contributed by atoms with van der Waals surface area (Å²) < 4.78 is 0. The van der Waals surface area contributed by atoms with E-state index in [-0.39, 0.29) is 0 Å². The Morgan fingerprint density at radius 2 is 1.45 bits per heavy atom. The third kappa shape index (κ3) is 1.11. The predicted molar refractivity (Wildman–Crippen MR) is 48.3 cm³/mol. The molecule has 2 unspecified atom stereocenters. The van der Waals surface area contributed by atoms with Crippen LogP contribution in [0.4, 0.5) is 0 Å². The molecular formula is C11H20. The first-order chi connectivity index (χ1) is 5.00. The zero-order valence-corrected chi connectivity index (χ0v) is 8.22. The Morgan fingerprint density at radius 1 is 1.00 bits per heavy atom. The molecule has 11 heavy (non-hydrogen) atoms. The second-order valence-corrected chi connectivity index (χ2v) is 5.72. The first-order valence-electron chi connectivity index (χ1n) is 5.00. The molecule has 4 atom stereocenters. The molecule has 2 saturated carbocycles. The summed E-state index contributed by atoms with van der Waals surface area (Å²) in [5.74, 6) is 4.35. The van der Waals surface area contributed by atoms with Crippen molar-refractivity contribution in [1.29, 1.82) is 0 Å². The molecule has 0 bridgehead atoms. The molecule has 0 heteroatoms. The Bertz CT molecular complexity index is 151. The molecule has 0 N–H and O–H groups in total. The standard InChI is InChI=1S/C11H20/c1-7-9-5-8(6-10(7)9)11(2,3)4/h7-10H,5-6H2,1-4H3/t7?,8?,9-,10+. The number of fused-ring (bicyclic) bond motifs is 1. The van der Waals surface area contributed by atoms with E-state index in [9.17, 15) is 0 Å². The van der Waals surface area contributed by atoms with Gasteiger partial charge in [-0.05, 0) is 41.9 Å². The Morgan fingerprint density at radius 3 is 1.82 bits per heavy atom. The zero-order chi connectivity index (χ0) is 8.22. The second-order valence-electron chi connectivity index (χ2n) is 5.72. The average Bonchev–Trinajstić information content (AvgIpc) is 2.39. The highest BCUT2D eigenvalue weighted by Crippen LogP contribution is 2.62. The van der Waals surface area contributed by atoms with E-state index in [1.165, 1.54) is 12.8 Å². The minimum absolute atomic E-state index is 0.577. The first-order valence-corrected chi connectivity index (χ1v) is 5.00. The highest BCUT2D eigenvalue weighted by Gasteiger charge is 2.54. The minimum Gasteiger partial charge on any atom is -0.0620 e. The zero-order valence-electron chi connectivity index (χ0n) is 8.22. The maximum Gasteiger partial charge on any atom is -0.0352 e. The summed E-state index contributed by atoms with van der Waals surface area (Å²) in [6.45, 7) is 9.61. The maximum atomic E-state index is 2.42. The van der Waals surface area contributed by atoms with Gasteiger partial charge in [-0.2, -0.15) is 0 Å². The molecule has 0 amide bonds. The molecule has 0 heterocycles. The Balaban J connectivity index is 1.95. The molecule has 2 rings (SSSR count). The van der Waals surface area contributed by atoms with E-state index in [0.29, 0.717) is 5.41 Å². The Kier molecular flexibility index (Phi) is 1.41. The summed E-state index contributed by atoms with van der Waals surface area (Å²) in [5.41, 5.74) is 0.577. The van der Waals surface area contributed by atoms with Crippen LogP contribution in [0.1, 0.15) is 40.5 Å². The van der Waals surface area contributed by atoms with Gasteiger partial charge in [-0.25, -0.2) is 0 Å². The van der Waals surface area contributed by atoms with Gasteiger partial charge in [-0.1, -0.05) is 27.7 Å². The second kappa shape index (κ2) is 2.02. The monoisotopic (exact) mass is 152 g/mol. The third-order valence-corrected chi connectivity index (χ3v) is 4.10. The fourth-order valence-corrected chi connectivity index (χ4v) is 2.88. The minimum atomic E-state index is 0.577. The maximum absolute atomic E-state index is 2.42. The largest absolute Gasteiger partial charge is 0.0620 e. The van der Waals surface area contributed by atoms with Gasteiger partial charge in [0.15, 0.2) is 0 Å².